The van der Waals surface area contributed by atoms with Crippen LogP contribution in [0.2, 0.25) is 0 Å². The Kier molecular flexibility index (Phi) is 4.34. The van der Waals surface area contributed by atoms with Gasteiger partial charge in [-0.05, 0) is 6.07 Å². The fourth-order valence-corrected chi connectivity index (χ4v) is 2.17. The Morgan fingerprint density at radius 2 is 2.47 bits per heavy atom. The average Bonchev–Trinajstić information content (AvgIpc) is 3.00. The van der Waals surface area contributed by atoms with Crippen molar-refractivity contribution >= 4 is 23.1 Å². The number of aliphatic hydroxyl groups excluding tert-OH is 1. The molecule has 6 heteroatoms. The molecule has 2 N–H and O–H groups in total. The molecule has 0 aliphatic heterocycles. The number of carbonyl (C=O) groups excluding carboxylic acids is 1. The number of carbonyl (C=O) groups is 1. The summed E-state index contributed by atoms with van der Waals surface area (Å²) >= 11 is 1.41. The van der Waals surface area contributed by atoms with Crippen molar-refractivity contribution in [1.29, 1.82) is 0 Å². The third-order valence-corrected chi connectivity index (χ3v) is 3.22. The molecule has 5 nitrogen and oxygen atoms in total. The van der Waals surface area contributed by atoms with Crippen LogP contribution in [0.5, 0.6) is 0 Å². The smallest absolute Gasteiger partial charge is 0.257 e. The van der Waals surface area contributed by atoms with Crippen LogP contribution in [0, 0.1) is 11.8 Å². The van der Waals surface area contributed by atoms with Gasteiger partial charge in [0.1, 0.15) is 5.82 Å². The lowest BCUT2D eigenvalue weighted by Crippen LogP contribution is -2.13. The molecule has 0 radical (unpaired) electrons. The SMILES string of the molecule is Cn1nccc1NC(=O)c1csc(C#CCCO)c1. The summed E-state index contributed by atoms with van der Waals surface area (Å²) in [7, 11) is 1.76. The van der Waals surface area contributed by atoms with Gasteiger partial charge >= 0.3 is 0 Å². The minimum Gasteiger partial charge on any atom is -0.395 e. The van der Waals surface area contributed by atoms with E-state index < -0.39 is 0 Å². The minimum atomic E-state index is -0.185. The summed E-state index contributed by atoms with van der Waals surface area (Å²) in [5.74, 6) is 6.18. The van der Waals surface area contributed by atoms with Crippen molar-refractivity contribution in [3.63, 3.8) is 0 Å². The molecule has 19 heavy (non-hydrogen) atoms. The van der Waals surface area contributed by atoms with Crippen molar-refractivity contribution in [2.45, 2.75) is 6.42 Å². The van der Waals surface area contributed by atoms with Crippen molar-refractivity contribution in [2.24, 2.45) is 7.05 Å². The van der Waals surface area contributed by atoms with Crippen LogP contribution in [0.3, 0.4) is 0 Å². The number of thiophene rings is 1. The van der Waals surface area contributed by atoms with Gasteiger partial charge in [0.15, 0.2) is 0 Å². The third kappa shape index (κ3) is 3.44. The summed E-state index contributed by atoms with van der Waals surface area (Å²) in [6.45, 7) is 0.0478. The zero-order valence-electron chi connectivity index (χ0n) is 10.4. The summed E-state index contributed by atoms with van der Waals surface area (Å²) in [6, 6.07) is 3.47. The molecule has 0 saturated carbocycles. The number of aryl methyl sites for hydroxylation is 1. The van der Waals surface area contributed by atoms with Gasteiger partial charge in [-0.2, -0.15) is 5.10 Å². The average molecular weight is 275 g/mol. The maximum Gasteiger partial charge on any atom is 0.257 e. The standard InChI is InChI=1S/C13H13N3O2S/c1-16-12(5-6-14-16)15-13(18)10-8-11(19-9-10)4-2-3-7-17/h5-6,8-9,17H,3,7H2,1H3,(H,15,18). The highest BCUT2D eigenvalue weighted by Gasteiger charge is 2.09. The van der Waals surface area contributed by atoms with Gasteiger partial charge < -0.3 is 10.4 Å². The van der Waals surface area contributed by atoms with Crippen LogP contribution < -0.4 is 5.32 Å². The van der Waals surface area contributed by atoms with Gasteiger partial charge in [0.25, 0.3) is 5.91 Å². The normalized spacial score (nSPS) is 9.79. The van der Waals surface area contributed by atoms with Crippen LogP contribution in [0.15, 0.2) is 23.7 Å². The molecule has 2 aromatic heterocycles. The van der Waals surface area contributed by atoms with E-state index in [1.54, 1.807) is 35.4 Å². The molecule has 0 spiro atoms. The van der Waals surface area contributed by atoms with E-state index in [4.69, 9.17) is 5.11 Å². The lowest BCUT2D eigenvalue weighted by molar-refractivity contribution is 0.102. The van der Waals surface area contributed by atoms with Gasteiger partial charge in [-0.15, -0.1) is 11.3 Å². The van der Waals surface area contributed by atoms with E-state index in [1.807, 2.05) is 0 Å². The number of aromatic nitrogens is 2. The molecule has 0 aliphatic rings. The predicted octanol–water partition coefficient (Wildman–Crippen LogP) is 1.47. The fourth-order valence-electron chi connectivity index (χ4n) is 1.41. The molecule has 2 aromatic rings. The first-order valence-electron chi connectivity index (χ1n) is 5.68. The van der Waals surface area contributed by atoms with Crippen molar-refractivity contribution < 1.29 is 9.90 Å². The van der Waals surface area contributed by atoms with Gasteiger partial charge in [-0.1, -0.05) is 11.8 Å². The maximum atomic E-state index is 12.0. The van der Waals surface area contributed by atoms with Gasteiger partial charge in [-0.3, -0.25) is 9.48 Å². The van der Waals surface area contributed by atoms with Crippen LogP contribution in [0.25, 0.3) is 0 Å². The number of hydrogen-bond donors (Lipinski definition) is 2. The molecule has 0 bridgehead atoms. The summed E-state index contributed by atoms with van der Waals surface area (Å²) < 4.78 is 1.59. The van der Waals surface area contributed by atoms with Crippen LogP contribution in [0.4, 0.5) is 5.82 Å². The van der Waals surface area contributed by atoms with Crippen LogP contribution in [0.1, 0.15) is 21.7 Å². The lowest BCUT2D eigenvalue weighted by atomic mass is 10.3. The Hall–Kier alpha value is -2.10. The van der Waals surface area contributed by atoms with E-state index in [-0.39, 0.29) is 12.5 Å². The van der Waals surface area contributed by atoms with Crippen molar-refractivity contribution in [1.82, 2.24) is 9.78 Å². The number of aliphatic hydroxyl groups is 1. The van der Waals surface area contributed by atoms with Crippen molar-refractivity contribution in [3.05, 3.63) is 34.2 Å². The number of nitrogens with zero attached hydrogens (tertiary/aromatic N) is 2. The molecule has 0 aromatic carbocycles. The maximum absolute atomic E-state index is 12.0. The van der Waals surface area contributed by atoms with E-state index >= 15 is 0 Å². The number of rotatable bonds is 3. The molecule has 0 aliphatic carbocycles. The van der Waals surface area contributed by atoms with E-state index in [9.17, 15) is 4.79 Å². The zero-order chi connectivity index (χ0) is 13.7. The Balaban J connectivity index is 2.05. The van der Waals surface area contributed by atoms with Gasteiger partial charge in [0, 0.05) is 24.9 Å². The largest absolute Gasteiger partial charge is 0.395 e. The quantitative estimate of drug-likeness (QED) is 0.834. The monoisotopic (exact) mass is 275 g/mol. The van der Waals surface area contributed by atoms with E-state index in [0.717, 1.165) is 4.88 Å². The molecule has 0 fully saturated rings. The molecule has 0 unspecified atom stereocenters. The van der Waals surface area contributed by atoms with Crippen LogP contribution >= 0.6 is 11.3 Å². The Bertz CT molecular complexity index is 634. The minimum absolute atomic E-state index is 0.0478. The molecule has 2 heterocycles. The second-order valence-electron chi connectivity index (χ2n) is 3.77. The van der Waals surface area contributed by atoms with Gasteiger partial charge in [0.05, 0.1) is 23.2 Å². The van der Waals surface area contributed by atoms with Crippen LogP contribution in [-0.4, -0.2) is 27.4 Å². The highest BCUT2D eigenvalue weighted by molar-refractivity contribution is 7.10. The summed E-state index contributed by atoms with van der Waals surface area (Å²) in [5, 5.41) is 17.1. The lowest BCUT2D eigenvalue weighted by Gasteiger charge is -2.02. The highest BCUT2D eigenvalue weighted by atomic mass is 32.1. The zero-order valence-corrected chi connectivity index (χ0v) is 11.2. The van der Waals surface area contributed by atoms with E-state index in [2.05, 4.69) is 22.3 Å². The summed E-state index contributed by atoms with van der Waals surface area (Å²) in [4.78, 5) is 12.8. The van der Waals surface area contributed by atoms with Crippen molar-refractivity contribution in [2.75, 3.05) is 11.9 Å². The first-order chi connectivity index (χ1) is 9.20. The Morgan fingerprint density at radius 1 is 1.63 bits per heavy atom. The van der Waals surface area contributed by atoms with Gasteiger partial charge in [0.2, 0.25) is 0 Å². The fraction of sp³-hybridized carbons (Fsp3) is 0.231. The molecule has 0 saturated heterocycles. The number of anilines is 1. The predicted molar refractivity (Wildman–Crippen MR) is 74.1 cm³/mol. The molecule has 98 valence electrons. The number of hydrogen-bond acceptors (Lipinski definition) is 4. The molecular weight excluding hydrogens is 262 g/mol. The van der Waals surface area contributed by atoms with Crippen molar-refractivity contribution in [3.8, 4) is 11.8 Å². The molecular formula is C13H13N3O2S. The summed E-state index contributed by atoms with van der Waals surface area (Å²) in [6.07, 6.45) is 2.06. The van der Waals surface area contributed by atoms with E-state index in [0.29, 0.717) is 17.8 Å². The number of nitrogens with one attached hydrogen (secondary N) is 1. The second kappa shape index (κ2) is 6.18. The molecule has 2 rings (SSSR count). The first-order valence-corrected chi connectivity index (χ1v) is 6.56. The Labute approximate surface area is 114 Å². The van der Waals surface area contributed by atoms with Crippen LogP contribution in [-0.2, 0) is 7.05 Å². The second-order valence-corrected chi connectivity index (χ2v) is 4.68. The summed E-state index contributed by atoms with van der Waals surface area (Å²) in [5.41, 5.74) is 0.569. The number of amides is 1. The van der Waals surface area contributed by atoms with Gasteiger partial charge in [-0.25, -0.2) is 0 Å². The topological polar surface area (TPSA) is 67.2 Å². The third-order valence-electron chi connectivity index (χ3n) is 2.37. The van der Waals surface area contributed by atoms with E-state index in [1.165, 1.54) is 11.3 Å². The molecule has 1 amide bonds. The first kappa shape index (κ1) is 13.3. The Morgan fingerprint density at radius 3 is 3.16 bits per heavy atom. The highest BCUT2D eigenvalue weighted by Crippen LogP contribution is 2.15. The molecule has 0 atom stereocenters.